The minimum Gasteiger partial charge on any atom is -0.478 e. The zero-order valence-corrected chi connectivity index (χ0v) is 24.6. The number of carbonyl (C=O) groups excluding carboxylic acids is 1. The Morgan fingerprint density at radius 3 is 2.52 bits per heavy atom. The molecule has 0 bridgehead atoms. The number of aromatic nitrogens is 1. The van der Waals surface area contributed by atoms with Gasteiger partial charge in [-0.2, -0.15) is 0 Å². The minimum absolute atomic E-state index is 0.0668. The van der Waals surface area contributed by atoms with Gasteiger partial charge in [-0.1, -0.05) is 65.4 Å². The van der Waals surface area contributed by atoms with Crippen molar-refractivity contribution in [2.24, 2.45) is 4.99 Å². The Balaban J connectivity index is 1.53. The van der Waals surface area contributed by atoms with Crippen LogP contribution < -0.4 is 14.9 Å². The van der Waals surface area contributed by atoms with Crippen molar-refractivity contribution in [1.82, 2.24) is 4.57 Å². The number of nitrogens with zero attached hydrogens (tertiary/aromatic N) is 2. The van der Waals surface area contributed by atoms with Crippen LogP contribution in [-0.4, -0.2) is 28.2 Å². The lowest BCUT2D eigenvalue weighted by Gasteiger charge is -2.25. The molecule has 11 heteroatoms. The Hall–Kier alpha value is -5.06. The maximum Gasteiger partial charge on any atom is 0.338 e. The Kier molecular flexibility index (Phi) is 7.86. The number of fused-ring (bicyclic) bond motifs is 1. The molecule has 3 aromatic carbocycles. The Morgan fingerprint density at radius 1 is 1.07 bits per heavy atom. The van der Waals surface area contributed by atoms with Gasteiger partial charge in [0, 0.05) is 17.2 Å². The second-order valence-electron chi connectivity index (χ2n) is 9.68. The van der Waals surface area contributed by atoms with Crippen LogP contribution in [0, 0.1) is 5.82 Å². The molecule has 1 aliphatic rings. The lowest BCUT2D eigenvalue weighted by Crippen LogP contribution is -2.40. The van der Waals surface area contributed by atoms with Gasteiger partial charge in [-0.15, -0.1) is 0 Å². The quantitative estimate of drug-likeness (QED) is 0.232. The highest BCUT2D eigenvalue weighted by molar-refractivity contribution is 7.07. The number of furan rings is 1. The predicted molar refractivity (Wildman–Crippen MR) is 164 cm³/mol. The molecule has 0 radical (unpaired) electrons. The van der Waals surface area contributed by atoms with Crippen LogP contribution in [0.5, 0.6) is 0 Å². The standard InChI is InChI=1S/C33H22ClFN2O6S/c1-2-42-32(41)27-28(18-6-4-3-5-7-18)36-33-37(29(27)19-8-11-21(35)12-9-19)30(38)26(44-33)17-22-13-15-25(43-22)20-10-14-24(34)23(16-20)31(39)40/h3-17,29H,2H2,1H3,(H,39,40)/b26-17-/t29-/m0/s1. The number of ether oxygens (including phenoxy) is 1. The van der Waals surface area contributed by atoms with E-state index in [0.717, 1.165) is 11.3 Å². The first-order chi connectivity index (χ1) is 21.2. The Labute approximate surface area is 258 Å². The van der Waals surface area contributed by atoms with Crippen molar-refractivity contribution in [2.45, 2.75) is 13.0 Å². The van der Waals surface area contributed by atoms with Crippen LogP contribution in [0.2, 0.25) is 5.02 Å². The average Bonchev–Trinajstić information content (AvgIpc) is 3.61. The monoisotopic (exact) mass is 628 g/mol. The molecule has 0 fully saturated rings. The van der Waals surface area contributed by atoms with Crippen LogP contribution in [-0.2, 0) is 9.53 Å². The van der Waals surface area contributed by atoms with Gasteiger partial charge >= 0.3 is 11.9 Å². The largest absolute Gasteiger partial charge is 0.478 e. The van der Waals surface area contributed by atoms with Crippen molar-refractivity contribution in [1.29, 1.82) is 0 Å². The summed E-state index contributed by atoms with van der Waals surface area (Å²) >= 11 is 7.12. The van der Waals surface area contributed by atoms with E-state index in [-0.39, 0.29) is 27.3 Å². The van der Waals surface area contributed by atoms with Gasteiger partial charge in [-0.05, 0) is 55.0 Å². The second kappa shape index (κ2) is 11.9. The molecule has 6 rings (SSSR count). The molecule has 44 heavy (non-hydrogen) atoms. The smallest absolute Gasteiger partial charge is 0.338 e. The summed E-state index contributed by atoms with van der Waals surface area (Å²) in [6, 6.07) is 21.6. The first-order valence-corrected chi connectivity index (χ1v) is 14.6. The number of hydrogen-bond acceptors (Lipinski definition) is 7. The highest BCUT2D eigenvalue weighted by Crippen LogP contribution is 2.35. The molecule has 0 spiro atoms. The van der Waals surface area contributed by atoms with Crippen molar-refractivity contribution in [3.63, 3.8) is 0 Å². The lowest BCUT2D eigenvalue weighted by molar-refractivity contribution is -0.138. The molecule has 1 aliphatic heterocycles. The minimum atomic E-state index is -1.17. The van der Waals surface area contributed by atoms with E-state index < -0.39 is 29.4 Å². The molecular weight excluding hydrogens is 607 g/mol. The molecule has 2 aromatic heterocycles. The number of aromatic carboxylic acids is 1. The summed E-state index contributed by atoms with van der Waals surface area (Å²) in [5.74, 6) is -1.56. The molecule has 0 amide bonds. The van der Waals surface area contributed by atoms with Gasteiger partial charge in [-0.3, -0.25) is 9.36 Å². The van der Waals surface area contributed by atoms with E-state index in [4.69, 9.17) is 25.7 Å². The topological polar surface area (TPSA) is 111 Å². The summed E-state index contributed by atoms with van der Waals surface area (Å²) in [6.45, 7) is 1.79. The van der Waals surface area contributed by atoms with E-state index in [1.165, 1.54) is 41.0 Å². The molecule has 0 aliphatic carbocycles. The van der Waals surface area contributed by atoms with Gasteiger partial charge in [0.15, 0.2) is 4.80 Å². The van der Waals surface area contributed by atoms with Crippen molar-refractivity contribution in [2.75, 3.05) is 6.61 Å². The number of carboxylic acids is 1. The average molecular weight is 629 g/mol. The Morgan fingerprint density at radius 2 is 1.82 bits per heavy atom. The SMILES string of the molecule is CCOC(=O)C1=C(c2ccccc2)N=c2s/c(=C\c3ccc(-c4ccc(Cl)c(C(=O)O)c4)o3)c(=O)n2[C@H]1c1ccc(F)cc1. The molecule has 5 aromatic rings. The molecule has 8 nitrogen and oxygen atoms in total. The predicted octanol–water partition coefficient (Wildman–Crippen LogP) is 5.69. The number of carboxylic acid groups (broad SMARTS) is 1. The summed E-state index contributed by atoms with van der Waals surface area (Å²) in [4.78, 5) is 44.1. The molecule has 0 unspecified atom stereocenters. The van der Waals surface area contributed by atoms with Crippen molar-refractivity contribution in [3.8, 4) is 11.3 Å². The highest BCUT2D eigenvalue weighted by atomic mass is 35.5. The lowest BCUT2D eigenvalue weighted by atomic mass is 9.93. The van der Waals surface area contributed by atoms with Crippen LogP contribution in [0.1, 0.15) is 40.2 Å². The van der Waals surface area contributed by atoms with Crippen LogP contribution in [0.3, 0.4) is 0 Å². The van der Waals surface area contributed by atoms with E-state index in [0.29, 0.717) is 38.7 Å². The van der Waals surface area contributed by atoms with Gasteiger partial charge in [0.2, 0.25) is 0 Å². The van der Waals surface area contributed by atoms with Gasteiger partial charge in [0.25, 0.3) is 5.56 Å². The van der Waals surface area contributed by atoms with Crippen molar-refractivity contribution >= 4 is 46.6 Å². The summed E-state index contributed by atoms with van der Waals surface area (Å²) in [5.41, 5.74) is 1.65. The maximum absolute atomic E-state index is 14.0. The first-order valence-electron chi connectivity index (χ1n) is 13.4. The number of carbonyl (C=O) groups is 2. The Bertz CT molecular complexity index is 2130. The van der Waals surface area contributed by atoms with Gasteiger partial charge in [0.05, 0.1) is 39.0 Å². The number of hydrogen-bond donors (Lipinski definition) is 1. The zero-order valence-electron chi connectivity index (χ0n) is 23.0. The number of esters is 1. The molecule has 220 valence electrons. The van der Waals surface area contributed by atoms with E-state index >= 15 is 0 Å². The highest BCUT2D eigenvalue weighted by Gasteiger charge is 2.35. The molecule has 0 saturated carbocycles. The summed E-state index contributed by atoms with van der Waals surface area (Å²) < 4.78 is 27.0. The molecule has 0 saturated heterocycles. The van der Waals surface area contributed by atoms with Crippen molar-refractivity contribution < 1.29 is 28.2 Å². The fourth-order valence-electron chi connectivity index (χ4n) is 4.96. The molecule has 1 N–H and O–H groups in total. The number of rotatable bonds is 7. The molecular formula is C33H22ClFN2O6S. The third-order valence-electron chi connectivity index (χ3n) is 6.94. The fraction of sp³-hybridized carbons (Fsp3) is 0.0909. The maximum atomic E-state index is 14.0. The second-order valence-corrected chi connectivity index (χ2v) is 11.1. The third-order valence-corrected chi connectivity index (χ3v) is 8.25. The van der Waals surface area contributed by atoms with Gasteiger partial charge < -0.3 is 14.3 Å². The van der Waals surface area contributed by atoms with Crippen LogP contribution >= 0.6 is 22.9 Å². The van der Waals surface area contributed by atoms with Gasteiger partial charge in [-0.25, -0.2) is 19.0 Å². The first kappa shape index (κ1) is 29.0. The van der Waals surface area contributed by atoms with E-state index in [2.05, 4.69) is 0 Å². The van der Waals surface area contributed by atoms with Gasteiger partial charge in [0.1, 0.15) is 17.3 Å². The zero-order chi connectivity index (χ0) is 31.0. The van der Waals surface area contributed by atoms with Crippen molar-refractivity contribution in [3.05, 3.63) is 143 Å². The normalized spacial score (nSPS) is 14.7. The van der Waals surface area contributed by atoms with Crippen LogP contribution in [0.15, 0.2) is 105 Å². The summed E-state index contributed by atoms with van der Waals surface area (Å²) in [6.07, 6.45) is 1.55. The number of benzene rings is 3. The summed E-state index contributed by atoms with van der Waals surface area (Å²) in [7, 11) is 0. The third kappa shape index (κ3) is 5.41. The molecule has 1 atom stereocenters. The van der Waals surface area contributed by atoms with E-state index in [9.17, 15) is 23.9 Å². The molecule has 3 heterocycles. The van der Waals surface area contributed by atoms with E-state index in [1.807, 2.05) is 30.3 Å². The number of halogens is 2. The van der Waals surface area contributed by atoms with Crippen LogP contribution in [0.4, 0.5) is 4.39 Å². The van der Waals surface area contributed by atoms with Crippen LogP contribution in [0.25, 0.3) is 23.1 Å². The number of thiazole rings is 1. The summed E-state index contributed by atoms with van der Waals surface area (Å²) in [5, 5.41) is 9.52. The fourth-order valence-corrected chi connectivity index (χ4v) is 6.14. The van der Waals surface area contributed by atoms with E-state index in [1.54, 1.807) is 31.2 Å².